The molecule has 106 valence electrons. The van der Waals surface area contributed by atoms with E-state index in [2.05, 4.69) is 6.07 Å². The number of aryl methyl sites for hydroxylation is 2. The Balaban J connectivity index is 1.89. The van der Waals surface area contributed by atoms with Crippen molar-refractivity contribution in [3.8, 4) is 6.07 Å². The molecule has 0 spiro atoms. The molecule has 0 amide bonds. The lowest BCUT2D eigenvalue weighted by Gasteiger charge is -2.07. The summed E-state index contributed by atoms with van der Waals surface area (Å²) in [6.45, 7) is 4.30. The number of carbonyl (C=O) groups excluding carboxylic acids is 1. The Hall–Kier alpha value is -2.60. The summed E-state index contributed by atoms with van der Waals surface area (Å²) in [6.07, 6.45) is 0.275. The highest BCUT2D eigenvalue weighted by Crippen LogP contribution is 2.11. The van der Waals surface area contributed by atoms with Gasteiger partial charge in [0.1, 0.15) is 6.61 Å². The van der Waals surface area contributed by atoms with E-state index in [0.29, 0.717) is 5.56 Å². The molecule has 0 aliphatic carbocycles. The number of ether oxygens (including phenoxy) is 1. The number of rotatable bonds is 4. The van der Waals surface area contributed by atoms with Crippen LogP contribution in [-0.4, -0.2) is 5.97 Å². The lowest BCUT2D eigenvalue weighted by molar-refractivity contribution is -0.144. The fourth-order valence-electron chi connectivity index (χ4n) is 1.97. The van der Waals surface area contributed by atoms with E-state index in [1.165, 1.54) is 11.1 Å². The quantitative estimate of drug-likeness (QED) is 0.805. The second kappa shape index (κ2) is 6.71. The van der Waals surface area contributed by atoms with Crippen molar-refractivity contribution < 1.29 is 9.53 Å². The molecule has 0 heterocycles. The number of carbonyl (C=O) groups is 1. The topological polar surface area (TPSA) is 50.1 Å². The first-order valence-corrected chi connectivity index (χ1v) is 6.79. The fourth-order valence-corrected chi connectivity index (χ4v) is 1.97. The van der Waals surface area contributed by atoms with E-state index in [1.807, 2.05) is 32.0 Å². The monoisotopic (exact) mass is 279 g/mol. The maximum atomic E-state index is 11.8. The van der Waals surface area contributed by atoms with Crippen LogP contribution >= 0.6 is 0 Å². The number of hydrogen-bond donors (Lipinski definition) is 0. The predicted molar refractivity (Wildman–Crippen MR) is 80.6 cm³/mol. The number of benzene rings is 2. The van der Waals surface area contributed by atoms with Crippen LogP contribution in [-0.2, 0) is 22.6 Å². The Kier molecular flexibility index (Phi) is 4.73. The summed E-state index contributed by atoms with van der Waals surface area (Å²) in [5.74, 6) is -0.248. The molecule has 0 radical (unpaired) electrons. The van der Waals surface area contributed by atoms with Gasteiger partial charge < -0.3 is 4.74 Å². The molecule has 0 aromatic heterocycles. The van der Waals surface area contributed by atoms with Gasteiger partial charge in [0.25, 0.3) is 0 Å². The van der Waals surface area contributed by atoms with E-state index in [0.717, 1.165) is 11.1 Å². The lowest BCUT2D eigenvalue weighted by atomic mass is 10.0. The summed E-state index contributed by atoms with van der Waals surface area (Å²) in [6, 6.07) is 15.0. The molecule has 0 saturated carbocycles. The molecule has 0 aliphatic rings. The van der Waals surface area contributed by atoms with Crippen LogP contribution in [0, 0.1) is 25.2 Å². The molecule has 3 heteroatoms. The number of hydrogen-bond acceptors (Lipinski definition) is 3. The molecule has 0 bridgehead atoms. The SMILES string of the molecule is Cc1ccc(CC(=O)OCc2ccc(C#N)cc2)cc1C. The zero-order chi connectivity index (χ0) is 15.2. The van der Waals surface area contributed by atoms with E-state index >= 15 is 0 Å². The Bertz CT molecular complexity index is 681. The van der Waals surface area contributed by atoms with E-state index < -0.39 is 0 Å². The second-order valence-electron chi connectivity index (χ2n) is 5.06. The molecule has 0 N–H and O–H groups in total. The van der Waals surface area contributed by atoms with Gasteiger partial charge in [-0.2, -0.15) is 5.26 Å². The summed E-state index contributed by atoms with van der Waals surface area (Å²) >= 11 is 0. The van der Waals surface area contributed by atoms with Crippen molar-refractivity contribution in [2.75, 3.05) is 0 Å². The van der Waals surface area contributed by atoms with E-state index in [4.69, 9.17) is 10.00 Å². The highest BCUT2D eigenvalue weighted by atomic mass is 16.5. The van der Waals surface area contributed by atoms with Gasteiger partial charge in [0.2, 0.25) is 0 Å². The summed E-state index contributed by atoms with van der Waals surface area (Å²) in [5.41, 5.74) is 4.82. The Morgan fingerprint density at radius 3 is 2.33 bits per heavy atom. The minimum Gasteiger partial charge on any atom is -0.461 e. The van der Waals surface area contributed by atoms with Crippen LogP contribution in [0.3, 0.4) is 0 Å². The lowest BCUT2D eigenvalue weighted by Crippen LogP contribution is -2.08. The van der Waals surface area contributed by atoms with Crippen molar-refractivity contribution in [3.63, 3.8) is 0 Å². The van der Waals surface area contributed by atoms with E-state index in [-0.39, 0.29) is 19.0 Å². The summed E-state index contributed by atoms with van der Waals surface area (Å²) in [4.78, 5) is 11.8. The van der Waals surface area contributed by atoms with Gasteiger partial charge >= 0.3 is 5.97 Å². The summed E-state index contributed by atoms with van der Waals surface area (Å²) in [7, 11) is 0. The first-order chi connectivity index (χ1) is 10.1. The molecule has 2 aromatic rings. The molecule has 3 nitrogen and oxygen atoms in total. The van der Waals surface area contributed by atoms with Crippen molar-refractivity contribution in [1.82, 2.24) is 0 Å². The third-order valence-electron chi connectivity index (χ3n) is 3.40. The third kappa shape index (κ3) is 4.19. The maximum Gasteiger partial charge on any atom is 0.310 e. The van der Waals surface area contributed by atoms with Gasteiger partial charge in [-0.3, -0.25) is 4.79 Å². The van der Waals surface area contributed by atoms with Crippen LogP contribution in [0.4, 0.5) is 0 Å². The molecule has 0 fully saturated rings. The molecule has 21 heavy (non-hydrogen) atoms. The molecule has 0 unspecified atom stereocenters. The van der Waals surface area contributed by atoms with Gasteiger partial charge in [0, 0.05) is 0 Å². The van der Waals surface area contributed by atoms with Gasteiger partial charge in [-0.05, 0) is 48.2 Å². The highest BCUT2D eigenvalue weighted by Gasteiger charge is 2.06. The smallest absolute Gasteiger partial charge is 0.310 e. The van der Waals surface area contributed by atoms with Crippen LogP contribution in [0.1, 0.15) is 27.8 Å². The molecule has 0 atom stereocenters. The van der Waals surface area contributed by atoms with Gasteiger partial charge in [0.15, 0.2) is 0 Å². The summed E-state index contributed by atoms with van der Waals surface area (Å²) in [5, 5.41) is 8.72. The van der Waals surface area contributed by atoms with Crippen molar-refractivity contribution >= 4 is 5.97 Å². The zero-order valence-corrected chi connectivity index (χ0v) is 12.2. The molecular formula is C18H17NO2. The number of nitriles is 1. The van der Waals surface area contributed by atoms with Gasteiger partial charge in [-0.15, -0.1) is 0 Å². The van der Waals surface area contributed by atoms with Crippen molar-refractivity contribution in [3.05, 3.63) is 70.3 Å². The van der Waals surface area contributed by atoms with Crippen LogP contribution in [0.25, 0.3) is 0 Å². The van der Waals surface area contributed by atoms with Crippen molar-refractivity contribution in [1.29, 1.82) is 5.26 Å². The van der Waals surface area contributed by atoms with Crippen LogP contribution in [0.15, 0.2) is 42.5 Å². The van der Waals surface area contributed by atoms with E-state index in [9.17, 15) is 4.79 Å². The van der Waals surface area contributed by atoms with Gasteiger partial charge in [0.05, 0.1) is 18.1 Å². The van der Waals surface area contributed by atoms with Gasteiger partial charge in [-0.25, -0.2) is 0 Å². The fraction of sp³-hybridized carbons (Fsp3) is 0.222. The highest BCUT2D eigenvalue weighted by molar-refractivity contribution is 5.72. The maximum absolute atomic E-state index is 11.8. The molecular weight excluding hydrogens is 262 g/mol. The standard InChI is InChI=1S/C18H17NO2/c1-13-3-4-17(9-14(13)2)10-18(20)21-12-16-7-5-15(11-19)6-8-16/h3-9H,10,12H2,1-2H3. The largest absolute Gasteiger partial charge is 0.461 e. The Morgan fingerprint density at radius 2 is 1.71 bits per heavy atom. The number of nitrogens with zero attached hydrogens (tertiary/aromatic N) is 1. The van der Waals surface area contributed by atoms with Crippen molar-refractivity contribution in [2.24, 2.45) is 0 Å². The average Bonchev–Trinajstić information content (AvgIpc) is 2.49. The van der Waals surface area contributed by atoms with Crippen LogP contribution < -0.4 is 0 Å². The van der Waals surface area contributed by atoms with Crippen LogP contribution in [0.5, 0.6) is 0 Å². The minimum absolute atomic E-state index is 0.232. The number of esters is 1. The Morgan fingerprint density at radius 1 is 1.05 bits per heavy atom. The summed E-state index contributed by atoms with van der Waals surface area (Å²) < 4.78 is 5.25. The Labute approximate surface area is 124 Å². The van der Waals surface area contributed by atoms with Crippen molar-refractivity contribution in [2.45, 2.75) is 26.9 Å². The zero-order valence-electron chi connectivity index (χ0n) is 12.2. The molecule has 0 aliphatic heterocycles. The molecule has 2 aromatic carbocycles. The minimum atomic E-state index is -0.248. The third-order valence-corrected chi connectivity index (χ3v) is 3.40. The molecule has 2 rings (SSSR count). The molecule has 0 saturated heterocycles. The van der Waals surface area contributed by atoms with Crippen LogP contribution in [0.2, 0.25) is 0 Å². The van der Waals surface area contributed by atoms with Gasteiger partial charge in [-0.1, -0.05) is 30.3 Å². The predicted octanol–water partition coefficient (Wildman–Crippen LogP) is 3.46. The van der Waals surface area contributed by atoms with E-state index in [1.54, 1.807) is 24.3 Å². The normalized spacial score (nSPS) is 9.95. The first-order valence-electron chi connectivity index (χ1n) is 6.79. The second-order valence-corrected chi connectivity index (χ2v) is 5.06. The first kappa shape index (κ1) is 14.8. The average molecular weight is 279 g/mol.